The fraction of sp³-hybridized carbons (Fsp3) is 0.364. The molecule has 1 aromatic rings. The van der Waals surface area contributed by atoms with Crippen LogP contribution in [0.15, 0.2) is 30.3 Å². The predicted molar refractivity (Wildman–Crippen MR) is 60.3 cm³/mol. The first-order valence-electron chi connectivity index (χ1n) is 5.02. The van der Waals surface area contributed by atoms with Crippen molar-refractivity contribution in [2.24, 2.45) is 0 Å². The number of para-hydroxylation sites is 1. The first kappa shape index (κ1) is 13.0. The second-order valence-corrected chi connectivity index (χ2v) is 4.26. The third kappa shape index (κ3) is 3.17. The fourth-order valence-corrected chi connectivity index (χ4v) is 1.31. The second kappa shape index (κ2) is 4.82. The zero-order valence-electron chi connectivity index (χ0n) is 9.62. The molecule has 0 heterocycles. The van der Waals surface area contributed by atoms with E-state index in [-0.39, 0.29) is 6.54 Å². The van der Waals surface area contributed by atoms with E-state index < -0.39 is 16.6 Å². The Morgan fingerprint density at radius 2 is 1.88 bits per heavy atom. The molecule has 0 radical (unpaired) electrons. The molecule has 0 saturated carbocycles. The maximum Gasteiger partial charge on any atom is 0.234 e. The smallest absolute Gasteiger partial charge is 0.234 e. The number of carbonyl (C=O) groups is 1. The molecule has 0 spiro atoms. The van der Waals surface area contributed by atoms with Gasteiger partial charge in [-0.3, -0.25) is 10.1 Å². The number of carbonyl (C=O) groups excluding carboxylic acids is 1. The summed E-state index contributed by atoms with van der Waals surface area (Å²) >= 11 is 0. The topological polar surface area (TPSA) is 86.5 Å². The summed E-state index contributed by atoms with van der Waals surface area (Å²) in [5, 5.41) is 21.8. The summed E-state index contributed by atoms with van der Waals surface area (Å²) in [5.41, 5.74) is -1.00. The zero-order valence-corrected chi connectivity index (χ0v) is 9.62. The van der Waals surface area contributed by atoms with E-state index in [2.05, 4.69) is 0 Å². The van der Waals surface area contributed by atoms with Crippen LogP contribution in [0.1, 0.15) is 13.8 Å². The lowest BCUT2D eigenvalue weighted by atomic mass is 10.1. The Labute approximate surface area is 98.6 Å². The van der Waals surface area contributed by atoms with Crippen molar-refractivity contribution in [2.75, 3.05) is 11.4 Å². The average molecular weight is 237 g/mol. The summed E-state index contributed by atoms with van der Waals surface area (Å²) in [6, 6.07) is 8.17. The normalized spacial score (nSPS) is 10.9. The summed E-state index contributed by atoms with van der Waals surface area (Å²) in [6.45, 7) is 2.48. The van der Waals surface area contributed by atoms with E-state index >= 15 is 0 Å². The molecule has 6 heteroatoms. The molecule has 0 bridgehead atoms. The van der Waals surface area contributed by atoms with E-state index in [0.29, 0.717) is 5.69 Å². The minimum Gasteiger partial charge on any atom is -0.530 e. The molecule has 0 saturated heterocycles. The van der Waals surface area contributed by atoms with Crippen LogP contribution in [0.5, 0.6) is 0 Å². The number of anilines is 1. The number of benzene rings is 1. The minimum absolute atomic E-state index is 0.258. The molecule has 17 heavy (non-hydrogen) atoms. The Hall–Kier alpha value is -2.11. The van der Waals surface area contributed by atoms with Gasteiger partial charge in [0.05, 0.1) is 6.54 Å². The van der Waals surface area contributed by atoms with Gasteiger partial charge in [0.1, 0.15) is 6.09 Å². The van der Waals surface area contributed by atoms with Gasteiger partial charge < -0.3 is 14.8 Å². The Kier molecular flexibility index (Phi) is 3.67. The summed E-state index contributed by atoms with van der Waals surface area (Å²) in [6.07, 6.45) is -1.45. The molecule has 0 aliphatic heterocycles. The van der Waals surface area contributed by atoms with Gasteiger partial charge in [-0.25, -0.2) is 0 Å². The largest absolute Gasteiger partial charge is 0.530 e. The Bertz CT molecular complexity index is 417. The highest BCUT2D eigenvalue weighted by atomic mass is 16.6. The fourth-order valence-electron chi connectivity index (χ4n) is 1.31. The number of amides is 1. The molecule has 92 valence electrons. The predicted octanol–water partition coefficient (Wildman–Crippen LogP) is 0.892. The molecule has 0 aliphatic carbocycles. The lowest BCUT2D eigenvalue weighted by molar-refractivity contribution is -0.557. The number of rotatable bonds is 4. The van der Waals surface area contributed by atoms with Crippen LogP contribution in [-0.4, -0.2) is 23.1 Å². The van der Waals surface area contributed by atoms with Crippen molar-refractivity contribution in [3.8, 4) is 0 Å². The van der Waals surface area contributed by atoms with Crippen molar-refractivity contribution in [1.29, 1.82) is 0 Å². The Morgan fingerprint density at radius 3 is 2.29 bits per heavy atom. The van der Waals surface area contributed by atoms with Crippen LogP contribution in [0.3, 0.4) is 0 Å². The molecule has 0 fully saturated rings. The number of carboxylic acid groups (broad SMARTS) is 1. The third-order valence-electron chi connectivity index (χ3n) is 2.33. The monoisotopic (exact) mass is 237 g/mol. The highest BCUT2D eigenvalue weighted by Crippen LogP contribution is 2.18. The molecule has 1 aromatic carbocycles. The van der Waals surface area contributed by atoms with Crippen LogP contribution in [0.25, 0.3) is 0 Å². The van der Waals surface area contributed by atoms with E-state index in [9.17, 15) is 20.0 Å². The molecular weight excluding hydrogens is 224 g/mol. The maximum atomic E-state index is 11.0. The minimum atomic E-state index is -1.45. The third-order valence-corrected chi connectivity index (χ3v) is 2.33. The van der Waals surface area contributed by atoms with Gasteiger partial charge >= 0.3 is 0 Å². The van der Waals surface area contributed by atoms with Gasteiger partial charge in [-0.2, -0.15) is 0 Å². The average Bonchev–Trinajstić information content (AvgIpc) is 2.26. The summed E-state index contributed by atoms with van der Waals surface area (Å²) in [7, 11) is 0. The molecule has 0 unspecified atom stereocenters. The summed E-state index contributed by atoms with van der Waals surface area (Å²) in [5.74, 6) is 0. The van der Waals surface area contributed by atoms with Crippen molar-refractivity contribution in [2.45, 2.75) is 19.4 Å². The molecule has 0 atom stereocenters. The molecular formula is C11H13N2O4-. The van der Waals surface area contributed by atoms with Crippen LogP contribution < -0.4 is 10.0 Å². The molecule has 1 amide bonds. The van der Waals surface area contributed by atoms with Gasteiger partial charge in [0, 0.05) is 24.5 Å². The molecule has 1 rings (SSSR count). The second-order valence-electron chi connectivity index (χ2n) is 4.26. The van der Waals surface area contributed by atoms with E-state index in [1.165, 1.54) is 13.8 Å². The maximum absolute atomic E-state index is 11.0. The molecule has 0 aromatic heterocycles. The lowest BCUT2D eigenvalue weighted by Crippen LogP contribution is -2.51. The zero-order chi connectivity index (χ0) is 13.1. The first-order chi connectivity index (χ1) is 7.84. The molecule has 0 aliphatic rings. The van der Waals surface area contributed by atoms with E-state index in [0.717, 1.165) is 4.90 Å². The Morgan fingerprint density at radius 1 is 1.35 bits per heavy atom. The summed E-state index contributed by atoms with van der Waals surface area (Å²) in [4.78, 5) is 22.1. The van der Waals surface area contributed by atoms with Gasteiger partial charge in [-0.15, -0.1) is 0 Å². The van der Waals surface area contributed by atoms with Crippen LogP contribution in [0.4, 0.5) is 10.5 Å². The SMILES string of the molecule is CC(C)(CN(C(=O)[O-])c1ccccc1)[N+](=O)[O-]. The van der Waals surface area contributed by atoms with Crippen molar-refractivity contribution in [1.82, 2.24) is 0 Å². The standard InChI is InChI=1S/C11H14N2O4/c1-11(2,13(16)17)8-12(10(14)15)9-6-4-3-5-7-9/h3-7H,8H2,1-2H3,(H,14,15)/p-1. The van der Waals surface area contributed by atoms with E-state index in [1.54, 1.807) is 30.3 Å². The van der Waals surface area contributed by atoms with Crippen LogP contribution in [0, 0.1) is 10.1 Å². The highest BCUT2D eigenvalue weighted by Gasteiger charge is 2.33. The number of hydrogen-bond acceptors (Lipinski definition) is 4. The van der Waals surface area contributed by atoms with Crippen molar-refractivity contribution in [3.05, 3.63) is 40.4 Å². The number of nitro groups is 1. The van der Waals surface area contributed by atoms with Gasteiger partial charge in [-0.1, -0.05) is 18.2 Å². The van der Waals surface area contributed by atoms with Gasteiger partial charge in [0.25, 0.3) is 0 Å². The van der Waals surface area contributed by atoms with Crippen LogP contribution in [-0.2, 0) is 0 Å². The van der Waals surface area contributed by atoms with Crippen molar-refractivity contribution < 1.29 is 14.8 Å². The van der Waals surface area contributed by atoms with Crippen molar-refractivity contribution in [3.63, 3.8) is 0 Å². The van der Waals surface area contributed by atoms with Crippen LogP contribution >= 0.6 is 0 Å². The van der Waals surface area contributed by atoms with Gasteiger partial charge in [-0.05, 0) is 12.1 Å². The molecule has 0 N–H and O–H groups in total. The highest BCUT2D eigenvalue weighted by molar-refractivity contribution is 5.84. The van der Waals surface area contributed by atoms with Crippen molar-refractivity contribution >= 4 is 11.8 Å². The summed E-state index contributed by atoms with van der Waals surface area (Å²) < 4.78 is 0. The Balaban J connectivity index is 2.97. The number of nitrogens with zero attached hydrogens (tertiary/aromatic N) is 2. The van der Waals surface area contributed by atoms with Crippen LogP contribution in [0.2, 0.25) is 0 Å². The van der Waals surface area contributed by atoms with E-state index in [1.807, 2.05) is 0 Å². The van der Waals surface area contributed by atoms with Gasteiger partial charge in [0.15, 0.2) is 0 Å². The molecule has 6 nitrogen and oxygen atoms in total. The van der Waals surface area contributed by atoms with E-state index in [4.69, 9.17) is 0 Å². The number of hydrogen-bond donors (Lipinski definition) is 0. The van der Waals surface area contributed by atoms with Gasteiger partial charge in [0.2, 0.25) is 5.54 Å². The quantitative estimate of drug-likeness (QED) is 0.574. The first-order valence-corrected chi connectivity index (χ1v) is 5.02. The lowest BCUT2D eigenvalue weighted by Gasteiger charge is -2.29.